The molecule has 0 spiro atoms. The number of ether oxygens (including phenoxy) is 2. The van der Waals surface area contributed by atoms with E-state index in [1.54, 1.807) is 31.6 Å². The lowest BCUT2D eigenvalue weighted by Gasteiger charge is -2.25. The second-order valence-electron chi connectivity index (χ2n) is 10.4. The molecule has 1 fully saturated rings. The van der Waals surface area contributed by atoms with Crippen LogP contribution in [0.1, 0.15) is 64.2 Å². The second kappa shape index (κ2) is 12.7. The number of benzene rings is 3. The highest BCUT2D eigenvalue weighted by atomic mass is 32.2. The SMILES string of the molecule is COc1ccc(C(Cc2ccncc2)c2c(C(=O)Cc3ccccc3)cccc2S(N)(=O)=O)cc1OC1CCCC1. The van der Waals surface area contributed by atoms with E-state index in [1.165, 1.54) is 6.07 Å². The number of carbonyl (C=O) groups excluding carboxylic acids is 1. The Hall–Kier alpha value is -4.01. The number of rotatable bonds is 11. The molecule has 1 heterocycles. The fourth-order valence-corrected chi connectivity index (χ4v) is 6.43. The summed E-state index contributed by atoms with van der Waals surface area (Å²) in [5, 5.41) is 5.78. The van der Waals surface area contributed by atoms with E-state index in [4.69, 9.17) is 14.6 Å². The van der Waals surface area contributed by atoms with E-state index in [-0.39, 0.29) is 23.2 Å². The van der Waals surface area contributed by atoms with Gasteiger partial charge in [-0.2, -0.15) is 0 Å². The first-order chi connectivity index (χ1) is 19.8. The normalized spacial score (nSPS) is 14.5. The van der Waals surface area contributed by atoms with Crippen LogP contribution in [0.2, 0.25) is 0 Å². The van der Waals surface area contributed by atoms with Crippen LogP contribution >= 0.6 is 0 Å². The van der Waals surface area contributed by atoms with E-state index in [0.717, 1.165) is 42.4 Å². The minimum absolute atomic E-state index is 0.0652. The Morgan fingerprint density at radius 3 is 2.34 bits per heavy atom. The zero-order chi connectivity index (χ0) is 28.8. The molecule has 8 heteroatoms. The number of nitrogens with two attached hydrogens (primary N) is 1. The number of Topliss-reactive ketones (excluding diaryl/α,β-unsaturated/α-hetero) is 1. The van der Waals surface area contributed by atoms with Crippen molar-refractivity contribution in [2.45, 2.75) is 55.4 Å². The van der Waals surface area contributed by atoms with Crippen molar-refractivity contribution in [1.82, 2.24) is 4.98 Å². The monoisotopic (exact) mass is 570 g/mol. The number of primary sulfonamides is 1. The molecule has 1 aromatic heterocycles. The summed E-state index contributed by atoms with van der Waals surface area (Å²) in [7, 11) is -2.57. The number of carbonyl (C=O) groups is 1. The van der Waals surface area contributed by atoms with E-state index in [2.05, 4.69) is 4.98 Å². The van der Waals surface area contributed by atoms with Gasteiger partial charge in [0, 0.05) is 30.3 Å². The van der Waals surface area contributed by atoms with Crippen molar-refractivity contribution in [3.63, 3.8) is 0 Å². The summed E-state index contributed by atoms with van der Waals surface area (Å²) in [6, 6.07) is 23.6. The Kier molecular flexibility index (Phi) is 8.81. The molecule has 1 aliphatic carbocycles. The first kappa shape index (κ1) is 28.5. The summed E-state index contributed by atoms with van der Waals surface area (Å²) >= 11 is 0. The summed E-state index contributed by atoms with van der Waals surface area (Å²) < 4.78 is 38.0. The van der Waals surface area contributed by atoms with Crippen LogP contribution in [0, 0.1) is 0 Å². The third-order valence-corrected chi connectivity index (χ3v) is 8.57. The molecule has 7 nitrogen and oxygen atoms in total. The van der Waals surface area contributed by atoms with Gasteiger partial charge in [-0.05, 0) is 84.7 Å². The fraction of sp³-hybridized carbons (Fsp3) is 0.273. The number of ketones is 1. The summed E-state index contributed by atoms with van der Waals surface area (Å²) in [4.78, 5) is 17.9. The number of sulfonamides is 1. The van der Waals surface area contributed by atoms with Gasteiger partial charge >= 0.3 is 0 Å². The van der Waals surface area contributed by atoms with Gasteiger partial charge in [-0.25, -0.2) is 13.6 Å². The molecule has 0 saturated heterocycles. The van der Waals surface area contributed by atoms with Crippen LogP contribution in [-0.4, -0.2) is 32.4 Å². The van der Waals surface area contributed by atoms with Gasteiger partial charge in [-0.1, -0.05) is 48.5 Å². The third kappa shape index (κ3) is 6.84. The van der Waals surface area contributed by atoms with E-state index in [9.17, 15) is 13.2 Å². The third-order valence-electron chi connectivity index (χ3n) is 7.60. The molecule has 1 unspecified atom stereocenters. The molecule has 212 valence electrons. The second-order valence-corrected chi connectivity index (χ2v) is 11.9. The maximum absolute atomic E-state index is 13.8. The summed E-state index contributed by atoms with van der Waals surface area (Å²) in [5.74, 6) is 0.483. The topological polar surface area (TPSA) is 109 Å². The van der Waals surface area contributed by atoms with E-state index in [1.807, 2.05) is 60.7 Å². The largest absolute Gasteiger partial charge is 0.493 e. The molecular formula is C33H34N2O5S. The van der Waals surface area contributed by atoms with Crippen molar-refractivity contribution in [2.75, 3.05) is 7.11 Å². The lowest BCUT2D eigenvalue weighted by atomic mass is 9.82. The van der Waals surface area contributed by atoms with Crippen LogP contribution in [0.15, 0.2) is 96.2 Å². The molecule has 1 aliphatic rings. The number of methoxy groups -OCH3 is 1. The molecule has 41 heavy (non-hydrogen) atoms. The minimum atomic E-state index is -4.17. The molecule has 4 aromatic rings. The first-order valence-corrected chi connectivity index (χ1v) is 15.3. The van der Waals surface area contributed by atoms with Gasteiger partial charge in [0.1, 0.15) is 0 Å². The average Bonchev–Trinajstić information content (AvgIpc) is 3.49. The fourth-order valence-electron chi connectivity index (χ4n) is 5.60. The highest BCUT2D eigenvalue weighted by molar-refractivity contribution is 7.89. The van der Waals surface area contributed by atoms with E-state index in [0.29, 0.717) is 29.0 Å². The summed E-state index contributed by atoms with van der Waals surface area (Å²) in [6.45, 7) is 0. The summed E-state index contributed by atoms with van der Waals surface area (Å²) in [5.41, 5.74) is 3.27. The lowest BCUT2D eigenvalue weighted by Crippen LogP contribution is -2.21. The number of pyridine rings is 1. The predicted octanol–water partition coefficient (Wildman–Crippen LogP) is 5.86. The average molecular weight is 571 g/mol. The molecule has 0 amide bonds. The summed E-state index contributed by atoms with van der Waals surface area (Å²) in [6.07, 6.45) is 8.21. The van der Waals surface area contributed by atoms with Crippen LogP contribution in [0.5, 0.6) is 11.5 Å². The number of hydrogen-bond donors (Lipinski definition) is 1. The Labute approximate surface area is 241 Å². The van der Waals surface area contributed by atoms with Crippen LogP contribution in [0.25, 0.3) is 0 Å². The van der Waals surface area contributed by atoms with Gasteiger partial charge in [-0.15, -0.1) is 0 Å². The highest BCUT2D eigenvalue weighted by Gasteiger charge is 2.30. The van der Waals surface area contributed by atoms with E-state index >= 15 is 0 Å². The number of hydrogen-bond acceptors (Lipinski definition) is 6. The van der Waals surface area contributed by atoms with E-state index < -0.39 is 15.9 Å². The first-order valence-electron chi connectivity index (χ1n) is 13.8. The molecule has 2 N–H and O–H groups in total. The van der Waals surface area contributed by atoms with Gasteiger partial charge in [-0.3, -0.25) is 9.78 Å². The Balaban J connectivity index is 1.67. The van der Waals surface area contributed by atoms with Crippen molar-refractivity contribution >= 4 is 15.8 Å². The van der Waals surface area contributed by atoms with Crippen molar-refractivity contribution in [2.24, 2.45) is 5.14 Å². The molecule has 0 bridgehead atoms. The molecule has 1 atom stereocenters. The van der Waals surface area contributed by atoms with Crippen molar-refractivity contribution < 1.29 is 22.7 Å². The van der Waals surface area contributed by atoms with Crippen molar-refractivity contribution in [1.29, 1.82) is 0 Å². The zero-order valence-corrected chi connectivity index (χ0v) is 23.8. The van der Waals surface area contributed by atoms with Crippen molar-refractivity contribution in [3.8, 4) is 11.5 Å². The van der Waals surface area contributed by atoms with Crippen LogP contribution in [-0.2, 0) is 22.9 Å². The lowest BCUT2D eigenvalue weighted by molar-refractivity contribution is 0.0991. The van der Waals surface area contributed by atoms with Gasteiger partial charge in [0.15, 0.2) is 17.3 Å². The maximum atomic E-state index is 13.8. The van der Waals surface area contributed by atoms with Crippen LogP contribution < -0.4 is 14.6 Å². The Bertz CT molecular complexity index is 1600. The van der Waals surface area contributed by atoms with Gasteiger partial charge in [0.2, 0.25) is 10.0 Å². The smallest absolute Gasteiger partial charge is 0.238 e. The van der Waals surface area contributed by atoms with Gasteiger partial charge in [0.25, 0.3) is 0 Å². The molecule has 1 saturated carbocycles. The number of nitrogens with zero attached hydrogens (tertiary/aromatic N) is 1. The molecule has 0 radical (unpaired) electrons. The Morgan fingerprint density at radius 1 is 0.927 bits per heavy atom. The standard InChI is InChI=1S/C33H34N2O5S/c1-39-30-15-14-25(22-31(30)40-26-10-5-6-11-26)28(20-24-16-18-35-19-17-24)33-27(12-7-13-32(33)41(34,37)38)29(36)21-23-8-3-2-4-9-23/h2-4,7-9,12-19,22,26,28H,5-6,10-11,20-21H2,1H3,(H2,34,37,38). The van der Waals surface area contributed by atoms with Gasteiger partial charge in [0.05, 0.1) is 18.1 Å². The maximum Gasteiger partial charge on any atom is 0.238 e. The minimum Gasteiger partial charge on any atom is -0.493 e. The molecular weight excluding hydrogens is 536 g/mol. The quantitative estimate of drug-likeness (QED) is 0.226. The molecule has 3 aromatic carbocycles. The Morgan fingerprint density at radius 2 is 1.66 bits per heavy atom. The highest BCUT2D eigenvalue weighted by Crippen LogP contribution is 2.40. The van der Waals surface area contributed by atoms with Gasteiger partial charge < -0.3 is 9.47 Å². The van der Waals surface area contributed by atoms with Crippen LogP contribution in [0.3, 0.4) is 0 Å². The van der Waals surface area contributed by atoms with Crippen LogP contribution in [0.4, 0.5) is 0 Å². The zero-order valence-electron chi connectivity index (χ0n) is 23.0. The predicted molar refractivity (Wildman–Crippen MR) is 158 cm³/mol. The molecule has 0 aliphatic heterocycles. The van der Waals surface area contributed by atoms with Crippen molar-refractivity contribution in [3.05, 3.63) is 119 Å². The number of aromatic nitrogens is 1. The molecule has 5 rings (SSSR count).